The molecule has 4 aliphatic rings. The first-order valence-corrected chi connectivity index (χ1v) is 12.2. The van der Waals surface area contributed by atoms with E-state index in [4.69, 9.17) is 0 Å². The Hall–Kier alpha value is -2.66. The van der Waals surface area contributed by atoms with Crippen molar-refractivity contribution in [1.29, 1.82) is 0 Å². The van der Waals surface area contributed by atoms with Crippen molar-refractivity contribution in [2.75, 3.05) is 65.4 Å². The minimum Gasteiger partial charge on any atom is -0.314 e. The maximum atomic E-state index is 13.0. The van der Waals surface area contributed by atoms with Crippen LogP contribution in [0.5, 0.6) is 0 Å². The van der Waals surface area contributed by atoms with Gasteiger partial charge < -0.3 is 5.32 Å². The molecule has 10 heteroatoms. The lowest BCUT2D eigenvalue weighted by Gasteiger charge is -2.36. The van der Waals surface area contributed by atoms with Crippen LogP contribution in [0.15, 0.2) is 18.2 Å². The monoisotopic (exact) mass is 468 g/mol. The SMILES string of the molecule is O=C1CCC(N2C(=O)c3ccc(CN4CCN(CCN5CCNCC5)CC4)cc3C2=O)C(=O)N1. The summed E-state index contributed by atoms with van der Waals surface area (Å²) in [5.74, 6) is -1.86. The number of imide groups is 2. The molecule has 1 aromatic carbocycles. The maximum Gasteiger partial charge on any atom is 0.262 e. The van der Waals surface area contributed by atoms with Crippen molar-refractivity contribution in [2.24, 2.45) is 0 Å². The van der Waals surface area contributed by atoms with Crippen LogP contribution in [0.2, 0.25) is 0 Å². The van der Waals surface area contributed by atoms with Crippen LogP contribution in [0.25, 0.3) is 0 Å². The van der Waals surface area contributed by atoms with Crippen molar-refractivity contribution >= 4 is 23.6 Å². The topological polar surface area (TPSA) is 105 Å². The minimum absolute atomic E-state index is 0.121. The highest BCUT2D eigenvalue weighted by Gasteiger charge is 2.44. The molecule has 3 saturated heterocycles. The van der Waals surface area contributed by atoms with E-state index in [-0.39, 0.29) is 18.7 Å². The van der Waals surface area contributed by atoms with E-state index in [0.717, 1.165) is 82.5 Å². The summed E-state index contributed by atoms with van der Waals surface area (Å²) in [6, 6.07) is 4.45. The molecule has 3 fully saturated rings. The number of piperazine rings is 2. The fraction of sp³-hybridized carbons (Fsp3) is 0.583. The summed E-state index contributed by atoms with van der Waals surface area (Å²) < 4.78 is 0. The van der Waals surface area contributed by atoms with Crippen molar-refractivity contribution in [3.05, 3.63) is 34.9 Å². The van der Waals surface area contributed by atoms with Crippen LogP contribution in [-0.2, 0) is 16.1 Å². The molecule has 182 valence electrons. The third kappa shape index (κ3) is 4.76. The molecule has 0 aromatic heterocycles. The van der Waals surface area contributed by atoms with Crippen molar-refractivity contribution in [2.45, 2.75) is 25.4 Å². The van der Waals surface area contributed by atoms with E-state index >= 15 is 0 Å². The molecule has 0 spiro atoms. The third-order valence-corrected chi connectivity index (χ3v) is 7.32. The highest BCUT2D eigenvalue weighted by Crippen LogP contribution is 2.28. The van der Waals surface area contributed by atoms with Gasteiger partial charge in [-0.1, -0.05) is 6.07 Å². The summed E-state index contributed by atoms with van der Waals surface area (Å²) >= 11 is 0. The minimum atomic E-state index is -0.928. The first-order valence-electron chi connectivity index (χ1n) is 12.2. The van der Waals surface area contributed by atoms with Gasteiger partial charge in [0.15, 0.2) is 0 Å². The molecule has 4 heterocycles. The average molecular weight is 469 g/mol. The molecule has 1 unspecified atom stereocenters. The fourth-order valence-corrected chi connectivity index (χ4v) is 5.26. The van der Waals surface area contributed by atoms with Crippen molar-refractivity contribution < 1.29 is 19.2 Å². The van der Waals surface area contributed by atoms with Crippen LogP contribution in [0, 0.1) is 0 Å². The molecular weight excluding hydrogens is 436 g/mol. The standard InChI is InChI=1S/C24H32N6O4/c31-21-4-3-20(22(32)26-21)30-23(33)18-2-1-17(15-19(18)24(30)34)16-29-13-11-28(12-14-29)10-9-27-7-5-25-6-8-27/h1-2,15,20,25H,3-14,16H2,(H,26,31,32). The predicted octanol–water partition coefficient (Wildman–Crippen LogP) is -0.889. The molecule has 5 rings (SSSR count). The molecule has 10 nitrogen and oxygen atoms in total. The number of benzene rings is 1. The largest absolute Gasteiger partial charge is 0.314 e. The number of hydrogen-bond acceptors (Lipinski definition) is 8. The number of amides is 4. The second kappa shape index (κ2) is 9.91. The number of carbonyl (C=O) groups is 4. The lowest BCUT2D eigenvalue weighted by molar-refractivity contribution is -0.136. The number of nitrogens with zero attached hydrogens (tertiary/aromatic N) is 4. The van der Waals surface area contributed by atoms with Crippen molar-refractivity contribution in [3.63, 3.8) is 0 Å². The highest BCUT2D eigenvalue weighted by molar-refractivity contribution is 6.23. The zero-order valence-corrected chi connectivity index (χ0v) is 19.4. The summed E-state index contributed by atoms with van der Waals surface area (Å²) in [5.41, 5.74) is 1.66. The van der Waals surface area contributed by atoms with Gasteiger partial charge in [-0.25, -0.2) is 0 Å². The van der Waals surface area contributed by atoms with Gasteiger partial charge in [-0.15, -0.1) is 0 Å². The van der Waals surface area contributed by atoms with Gasteiger partial charge in [-0.3, -0.25) is 44.1 Å². The van der Waals surface area contributed by atoms with E-state index in [1.807, 2.05) is 6.07 Å². The van der Waals surface area contributed by atoms with Crippen LogP contribution < -0.4 is 10.6 Å². The Labute approximate surface area is 199 Å². The molecule has 34 heavy (non-hydrogen) atoms. The molecule has 1 aromatic rings. The van der Waals surface area contributed by atoms with E-state index in [1.54, 1.807) is 12.1 Å². The molecule has 0 radical (unpaired) electrons. The first kappa shape index (κ1) is 23.1. The number of fused-ring (bicyclic) bond motifs is 1. The van der Waals surface area contributed by atoms with Gasteiger partial charge in [0.2, 0.25) is 11.8 Å². The lowest BCUT2D eigenvalue weighted by atomic mass is 10.0. The van der Waals surface area contributed by atoms with E-state index in [9.17, 15) is 19.2 Å². The average Bonchev–Trinajstić information content (AvgIpc) is 3.09. The molecule has 2 N–H and O–H groups in total. The molecule has 1 atom stereocenters. The molecule has 4 amide bonds. The summed E-state index contributed by atoms with van der Waals surface area (Å²) in [7, 11) is 0. The fourth-order valence-electron chi connectivity index (χ4n) is 5.26. The number of hydrogen-bond donors (Lipinski definition) is 2. The van der Waals surface area contributed by atoms with Crippen LogP contribution in [0.3, 0.4) is 0 Å². The maximum absolute atomic E-state index is 13.0. The second-order valence-corrected chi connectivity index (χ2v) is 9.54. The van der Waals surface area contributed by atoms with Crippen molar-refractivity contribution in [3.8, 4) is 0 Å². The number of rotatable bonds is 6. The summed E-state index contributed by atoms with van der Waals surface area (Å²) in [6.45, 7) is 11.3. The van der Waals surface area contributed by atoms with Gasteiger partial charge in [-0.05, 0) is 24.1 Å². The normalized spacial score (nSPS) is 25.1. The zero-order valence-electron chi connectivity index (χ0n) is 19.4. The number of carbonyl (C=O) groups excluding carboxylic acids is 4. The Balaban J connectivity index is 1.16. The molecule has 0 aliphatic carbocycles. The Morgan fingerprint density at radius 2 is 1.44 bits per heavy atom. The van der Waals surface area contributed by atoms with Crippen LogP contribution in [-0.4, -0.2) is 115 Å². The summed E-state index contributed by atoms with van der Waals surface area (Å²) in [6.07, 6.45) is 0.290. The lowest BCUT2D eigenvalue weighted by Crippen LogP contribution is -2.54. The predicted molar refractivity (Wildman–Crippen MR) is 124 cm³/mol. The Morgan fingerprint density at radius 3 is 2.15 bits per heavy atom. The Morgan fingerprint density at radius 1 is 0.794 bits per heavy atom. The summed E-state index contributed by atoms with van der Waals surface area (Å²) in [5, 5.41) is 5.62. The third-order valence-electron chi connectivity index (χ3n) is 7.32. The Kier molecular flexibility index (Phi) is 6.73. The van der Waals surface area contributed by atoms with Gasteiger partial charge in [0.25, 0.3) is 11.8 Å². The highest BCUT2D eigenvalue weighted by atomic mass is 16.2. The first-order chi connectivity index (χ1) is 16.5. The van der Waals surface area contributed by atoms with Gasteiger partial charge in [0, 0.05) is 78.4 Å². The molecule has 0 bridgehead atoms. The van der Waals surface area contributed by atoms with Crippen LogP contribution in [0.4, 0.5) is 0 Å². The smallest absolute Gasteiger partial charge is 0.262 e. The van der Waals surface area contributed by atoms with E-state index in [0.29, 0.717) is 11.1 Å². The van der Waals surface area contributed by atoms with Gasteiger partial charge in [-0.2, -0.15) is 0 Å². The van der Waals surface area contributed by atoms with Gasteiger partial charge in [0.05, 0.1) is 11.1 Å². The van der Waals surface area contributed by atoms with E-state index in [2.05, 4.69) is 25.3 Å². The molecule has 0 saturated carbocycles. The van der Waals surface area contributed by atoms with Gasteiger partial charge in [0.1, 0.15) is 6.04 Å². The van der Waals surface area contributed by atoms with Gasteiger partial charge >= 0.3 is 0 Å². The van der Waals surface area contributed by atoms with Crippen LogP contribution >= 0.6 is 0 Å². The number of piperidine rings is 1. The molecular formula is C24H32N6O4. The Bertz CT molecular complexity index is 984. The number of nitrogens with one attached hydrogen (secondary N) is 2. The second-order valence-electron chi connectivity index (χ2n) is 9.54. The van der Waals surface area contributed by atoms with E-state index in [1.165, 1.54) is 0 Å². The molecule has 4 aliphatic heterocycles. The summed E-state index contributed by atoms with van der Waals surface area (Å²) in [4.78, 5) is 58.0. The zero-order chi connectivity index (χ0) is 23.7. The van der Waals surface area contributed by atoms with E-state index < -0.39 is 23.8 Å². The van der Waals surface area contributed by atoms with Crippen molar-refractivity contribution in [1.82, 2.24) is 30.2 Å². The quantitative estimate of drug-likeness (QED) is 0.518. The van der Waals surface area contributed by atoms with Crippen LogP contribution in [0.1, 0.15) is 39.1 Å².